The van der Waals surface area contributed by atoms with Crippen LogP contribution in [-0.2, 0) is 0 Å². The smallest absolute Gasteiger partial charge is 0.145 e. The van der Waals surface area contributed by atoms with E-state index in [0.717, 1.165) is 44.0 Å². The average Bonchev–Trinajstić information content (AvgIpc) is 3.82. The molecule has 260 valence electrons. The van der Waals surface area contributed by atoms with Crippen molar-refractivity contribution < 1.29 is 4.42 Å². The molecule has 2 aromatic heterocycles. The van der Waals surface area contributed by atoms with Gasteiger partial charge in [-0.15, -0.1) is 0 Å². The number of hydrogen-bond donors (Lipinski definition) is 0. The van der Waals surface area contributed by atoms with E-state index in [1.165, 1.54) is 71.1 Å². The van der Waals surface area contributed by atoms with Crippen LogP contribution < -0.4 is 0 Å². The van der Waals surface area contributed by atoms with Crippen molar-refractivity contribution in [1.29, 1.82) is 0 Å². The van der Waals surface area contributed by atoms with Crippen molar-refractivity contribution in [3.05, 3.63) is 200 Å². The monoisotopic (exact) mass is 711 g/mol. The third kappa shape index (κ3) is 4.63. The molecular weight excluding hydrogens is 679 g/mol. The summed E-state index contributed by atoms with van der Waals surface area (Å²) >= 11 is 0. The Morgan fingerprint density at radius 2 is 0.768 bits per heavy atom. The molecule has 12 rings (SSSR count). The Morgan fingerprint density at radius 1 is 0.286 bits per heavy atom. The highest BCUT2D eigenvalue weighted by molar-refractivity contribution is 6.27. The molecule has 10 aromatic carbocycles. The molecule has 0 atom stereocenters. The number of benzene rings is 10. The Bertz CT molecular complexity index is 3520. The minimum atomic E-state index is 0.905. The molecule has 2 heteroatoms. The van der Waals surface area contributed by atoms with Crippen LogP contribution in [0.4, 0.5) is 0 Å². The molecule has 0 fully saturated rings. The van der Waals surface area contributed by atoms with Gasteiger partial charge in [-0.25, -0.2) is 0 Å². The van der Waals surface area contributed by atoms with Gasteiger partial charge in [0.15, 0.2) is 0 Å². The van der Waals surface area contributed by atoms with Crippen LogP contribution in [0, 0.1) is 0 Å². The predicted octanol–water partition coefficient (Wildman–Crippen LogP) is 15.1. The Labute approximate surface area is 323 Å². The van der Waals surface area contributed by atoms with Crippen LogP contribution in [0.3, 0.4) is 0 Å². The summed E-state index contributed by atoms with van der Waals surface area (Å²) in [6.07, 6.45) is 0. The van der Waals surface area contributed by atoms with Gasteiger partial charge in [0.2, 0.25) is 0 Å². The van der Waals surface area contributed by atoms with Crippen molar-refractivity contribution in [2.75, 3.05) is 0 Å². The molecule has 0 spiro atoms. The summed E-state index contributed by atoms with van der Waals surface area (Å²) in [5.41, 5.74) is 12.4. The van der Waals surface area contributed by atoms with Gasteiger partial charge in [-0.1, -0.05) is 146 Å². The van der Waals surface area contributed by atoms with Gasteiger partial charge in [0.05, 0.1) is 16.4 Å². The Balaban J connectivity index is 1.11. The van der Waals surface area contributed by atoms with Crippen molar-refractivity contribution in [3.8, 4) is 39.1 Å². The first kappa shape index (κ1) is 31.0. The number of rotatable bonds is 4. The number of furan rings is 1. The molecule has 0 aliphatic heterocycles. The molecule has 12 aromatic rings. The largest absolute Gasteiger partial charge is 0.455 e. The molecule has 0 N–H and O–H groups in total. The van der Waals surface area contributed by atoms with E-state index >= 15 is 0 Å². The van der Waals surface area contributed by atoms with E-state index in [0.29, 0.717) is 0 Å². The number of nitrogens with zero attached hydrogens (tertiary/aromatic N) is 1. The van der Waals surface area contributed by atoms with E-state index in [1.807, 2.05) is 6.07 Å². The first-order valence-corrected chi connectivity index (χ1v) is 19.3. The second-order valence-electron chi connectivity index (χ2n) is 14.9. The maximum atomic E-state index is 6.74. The fraction of sp³-hybridized carbons (Fsp3) is 0. The van der Waals surface area contributed by atoms with Gasteiger partial charge < -0.3 is 8.98 Å². The summed E-state index contributed by atoms with van der Waals surface area (Å²) in [5.74, 6) is 0. The highest BCUT2D eigenvalue weighted by Gasteiger charge is 2.20. The van der Waals surface area contributed by atoms with Crippen LogP contribution in [0.25, 0.3) is 115 Å². The molecule has 0 unspecified atom stereocenters. The van der Waals surface area contributed by atoms with Crippen LogP contribution >= 0.6 is 0 Å². The minimum Gasteiger partial charge on any atom is -0.455 e. The number of aromatic nitrogens is 1. The van der Waals surface area contributed by atoms with Crippen molar-refractivity contribution in [2.45, 2.75) is 0 Å². The summed E-state index contributed by atoms with van der Waals surface area (Å²) in [6, 6.07) is 72.8. The predicted molar refractivity (Wildman–Crippen MR) is 237 cm³/mol. The summed E-state index contributed by atoms with van der Waals surface area (Å²) in [4.78, 5) is 0. The van der Waals surface area contributed by atoms with Gasteiger partial charge in [-0.05, 0) is 120 Å². The molecule has 2 nitrogen and oxygen atoms in total. The topological polar surface area (TPSA) is 18.1 Å². The fourth-order valence-corrected chi connectivity index (χ4v) is 9.15. The van der Waals surface area contributed by atoms with Crippen LogP contribution in [0.15, 0.2) is 205 Å². The van der Waals surface area contributed by atoms with Gasteiger partial charge in [0.25, 0.3) is 0 Å². The zero-order valence-corrected chi connectivity index (χ0v) is 30.4. The van der Waals surface area contributed by atoms with E-state index < -0.39 is 0 Å². The number of hydrogen-bond acceptors (Lipinski definition) is 1. The van der Waals surface area contributed by atoms with Gasteiger partial charge in [0, 0.05) is 21.8 Å². The van der Waals surface area contributed by atoms with Crippen LogP contribution in [0.2, 0.25) is 0 Å². The van der Waals surface area contributed by atoms with Crippen LogP contribution in [-0.4, -0.2) is 4.57 Å². The van der Waals surface area contributed by atoms with Gasteiger partial charge >= 0.3 is 0 Å². The molecule has 0 aliphatic carbocycles. The van der Waals surface area contributed by atoms with Crippen molar-refractivity contribution in [1.82, 2.24) is 4.57 Å². The molecule has 2 heterocycles. The lowest BCUT2D eigenvalue weighted by atomic mass is 9.90. The quantitative estimate of drug-likeness (QED) is 0.166. The second kappa shape index (κ2) is 12.0. The summed E-state index contributed by atoms with van der Waals surface area (Å²) < 4.78 is 9.14. The second-order valence-corrected chi connectivity index (χ2v) is 14.9. The van der Waals surface area contributed by atoms with E-state index in [4.69, 9.17) is 4.42 Å². The van der Waals surface area contributed by atoms with Crippen LogP contribution in [0.1, 0.15) is 0 Å². The number of para-hydroxylation sites is 1. The highest BCUT2D eigenvalue weighted by atomic mass is 16.3. The molecule has 56 heavy (non-hydrogen) atoms. The Hall–Kier alpha value is -7.42. The van der Waals surface area contributed by atoms with Crippen LogP contribution in [0.5, 0.6) is 0 Å². The first-order chi connectivity index (χ1) is 27.8. The van der Waals surface area contributed by atoms with E-state index in [9.17, 15) is 0 Å². The lowest BCUT2D eigenvalue weighted by molar-refractivity contribution is 0.673. The Morgan fingerprint density at radius 3 is 1.48 bits per heavy atom. The molecule has 0 radical (unpaired) electrons. The lowest BCUT2D eigenvalue weighted by Gasteiger charge is -2.14. The molecule has 0 bridgehead atoms. The molecule has 0 saturated heterocycles. The van der Waals surface area contributed by atoms with Gasteiger partial charge in [-0.3, -0.25) is 0 Å². The first-order valence-electron chi connectivity index (χ1n) is 19.3. The normalized spacial score (nSPS) is 11.9. The van der Waals surface area contributed by atoms with Crippen molar-refractivity contribution >= 4 is 76.1 Å². The van der Waals surface area contributed by atoms with Gasteiger partial charge in [0.1, 0.15) is 11.2 Å². The van der Waals surface area contributed by atoms with Crippen molar-refractivity contribution in [2.24, 2.45) is 0 Å². The minimum absolute atomic E-state index is 0.905. The highest BCUT2D eigenvalue weighted by Crippen LogP contribution is 2.43. The third-order valence-electron chi connectivity index (χ3n) is 11.8. The van der Waals surface area contributed by atoms with E-state index in [2.05, 4.69) is 199 Å². The summed E-state index contributed by atoms with van der Waals surface area (Å²) in [5, 5.41) is 12.2. The zero-order chi connectivity index (χ0) is 36.7. The standard InChI is InChI=1S/C54H33NO/c1-3-12-34(13-4-1)36-16-11-17-40(30-36)55-50-28-24-39(33-49(50)53-51(55)29-27-46-45-20-9-10-21-52(45)56-54(46)53)38-23-25-43-41-18-7-8-19-42(41)47-31-37(35-14-5-2-6-15-35)22-26-44(47)48(43)32-38/h1-33H. The summed E-state index contributed by atoms with van der Waals surface area (Å²) in [7, 11) is 0. The SMILES string of the molecule is c1ccc(-c2cccc(-n3c4ccc(-c5ccc6c7ccccc7c7cc(-c8ccccc8)ccc7c6c5)cc4c4c5oc6ccccc6c5ccc43)c2)cc1. The maximum Gasteiger partial charge on any atom is 0.145 e. The zero-order valence-electron chi connectivity index (χ0n) is 30.4. The van der Waals surface area contributed by atoms with Crippen molar-refractivity contribution in [3.63, 3.8) is 0 Å². The maximum absolute atomic E-state index is 6.74. The Kier molecular flexibility index (Phi) is 6.66. The molecule has 0 amide bonds. The van der Waals surface area contributed by atoms with Gasteiger partial charge in [-0.2, -0.15) is 0 Å². The van der Waals surface area contributed by atoms with E-state index in [1.54, 1.807) is 0 Å². The fourth-order valence-electron chi connectivity index (χ4n) is 9.15. The molecular formula is C54H33NO. The number of fused-ring (bicyclic) bond motifs is 13. The van der Waals surface area contributed by atoms with E-state index in [-0.39, 0.29) is 0 Å². The molecule has 0 aliphatic rings. The third-order valence-corrected chi connectivity index (χ3v) is 11.8. The average molecular weight is 712 g/mol. The molecule has 0 saturated carbocycles. The lowest BCUT2D eigenvalue weighted by Crippen LogP contribution is -1.94. The summed E-state index contributed by atoms with van der Waals surface area (Å²) in [6.45, 7) is 0.